The number of halogens is 1. The molecule has 1 rings (SSSR count). The third-order valence-corrected chi connectivity index (χ3v) is 2.85. The summed E-state index contributed by atoms with van der Waals surface area (Å²) in [6, 6.07) is 5.98. The summed E-state index contributed by atoms with van der Waals surface area (Å²) in [5.41, 5.74) is 2.80. The molecule has 88 valence electrons. The fourth-order valence-corrected chi connectivity index (χ4v) is 2.03. The monoisotopic (exact) mass is 239 g/mol. The largest absolute Gasteiger partial charge is 0.350 e. The van der Waals surface area contributed by atoms with Gasteiger partial charge in [0.05, 0.1) is 0 Å². The summed E-state index contributed by atoms with van der Waals surface area (Å²) in [4.78, 5) is 12.0. The van der Waals surface area contributed by atoms with Crippen LogP contribution in [0.4, 0.5) is 0 Å². The Hall–Kier alpha value is -1.02. The molecule has 0 aliphatic rings. The second-order valence-electron chi connectivity index (χ2n) is 4.12. The van der Waals surface area contributed by atoms with Crippen LogP contribution in [0.25, 0.3) is 0 Å². The van der Waals surface area contributed by atoms with E-state index < -0.39 is 0 Å². The van der Waals surface area contributed by atoms with Gasteiger partial charge in [-0.15, -0.1) is 11.6 Å². The molecule has 2 nitrogen and oxygen atoms in total. The van der Waals surface area contributed by atoms with Gasteiger partial charge in [-0.25, -0.2) is 0 Å². The van der Waals surface area contributed by atoms with Gasteiger partial charge in [0, 0.05) is 17.5 Å². The zero-order chi connectivity index (χ0) is 12.1. The standard InChI is InChI=1S/C13H18ClNO/c1-9-5-4-6-10(2)12(9)13(16)15-11(3)7-8-14/h4-6,11H,7-8H2,1-3H3,(H,15,16). The van der Waals surface area contributed by atoms with Gasteiger partial charge >= 0.3 is 0 Å². The van der Waals surface area contributed by atoms with Crippen molar-refractivity contribution in [3.8, 4) is 0 Å². The summed E-state index contributed by atoms with van der Waals surface area (Å²) in [5.74, 6) is 0.557. The molecule has 1 N–H and O–H groups in total. The molecule has 16 heavy (non-hydrogen) atoms. The highest BCUT2D eigenvalue weighted by molar-refractivity contribution is 6.17. The van der Waals surface area contributed by atoms with Crippen LogP contribution in [0.1, 0.15) is 34.8 Å². The minimum Gasteiger partial charge on any atom is -0.350 e. The van der Waals surface area contributed by atoms with E-state index in [1.807, 2.05) is 39.0 Å². The van der Waals surface area contributed by atoms with Crippen molar-refractivity contribution in [2.45, 2.75) is 33.2 Å². The van der Waals surface area contributed by atoms with Crippen molar-refractivity contribution in [3.05, 3.63) is 34.9 Å². The quantitative estimate of drug-likeness (QED) is 0.804. The second-order valence-corrected chi connectivity index (χ2v) is 4.50. The first-order valence-electron chi connectivity index (χ1n) is 5.49. The SMILES string of the molecule is Cc1cccc(C)c1C(=O)NC(C)CCCl. The number of hydrogen-bond donors (Lipinski definition) is 1. The van der Waals surface area contributed by atoms with E-state index in [1.165, 1.54) is 0 Å². The third-order valence-electron chi connectivity index (χ3n) is 2.63. The number of nitrogens with one attached hydrogen (secondary N) is 1. The maximum absolute atomic E-state index is 12.0. The molecule has 0 spiro atoms. The summed E-state index contributed by atoms with van der Waals surface area (Å²) in [5, 5.41) is 2.96. The van der Waals surface area contributed by atoms with Crippen molar-refractivity contribution in [1.82, 2.24) is 5.32 Å². The van der Waals surface area contributed by atoms with Crippen LogP contribution in [-0.2, 0) is 0 Å². The van der Waals surface area contributed by atoms with Crippen LogP contribution in [0.2, 0.25) is 0 Å². The molecular formula is C13H18ClNO. The number of benzene rings is 1. The molecule has 0 heterocycles. The van der Waals surface area contributed by atoms with Gasteiger partial charge in [-0.3, -0.25) is 4.79 Å². The molecule has 0 fully saturated rings. The molecular weight excluding hydrogens is 222 g/mol. The Bertz CT molecular complexity index is 356. The molecule has 1 aromatic carbocycles. The number of aryl methyl sites for hydroxylation is 2. The number of hydrogen-bond acceptors (Lipinski definition) is 1. The molecule has 1 aromatic rings. The fourth-order valence-electron chi connectivity index (χ4n) is 1.70. The van der Waals surface area contributed by atoms with Gasteiger partial charge in [0.25, 0.3) is 5.91 Å². The lowest BCUT2D eigenvalue weighted by Gasteiger charge is -2.15. The Labute approximate surface area is 102 Å². The van der Waals surface area contributed by atoms with E-state index in [9.17, 15) is 4.79 Å². The van der Waals surface area contributed by atoms with E-state index in [4.69, 9.17) is 11.6 Å². The molecule has 1 atom stereocenters. The maximum atomic E-state index is 12.0. The predicted molar refractivity (Wildman–Crippen MR) is 68.2 cm³/mol. The molecule has 0 radical (unpaired) electrons. The highest BCUT2D eigenvalue weighted by Crippen LogP contribution is 2.13. The van der Waals surface area contributed by atoms with Gasteiger partial charge in [0.1, 0.15) is 0 Å². The van der Waals surface area contributed by atoms with Crippen LogP contribution < -0.4 is 5.32 Å². The van der Waals surface area contributed by atoms with Crippen molar-refractivity contribution < 1.29 is 4.79 Å². The minimum atomic E-state index is -0.00628. The summed E-state index contributed by atoms with van der Waals surface area (Å²) in [6.07, 6.45) is 0.790. The van der Waals surface area contributed by atoms with Gasteiger partial charge in [0.2, 0.25) is 0 Å². The van der Waals surface area contributed by atoms with Crippen LogP contribution in [0, 0.1) is 13.8 Å². The van der Waals surface area contributed by atoms with Gasteiger partial charge in [-0.2, -0.15) is 0 Å². The first-order valence-corrected chi connectivity index (χ1v) is 6.02. The molecule has 0 aliphatic carbocycles. The molecule has 0 aromatic heterocycles. The highest BCUT2D eigenvalue weighted by atomic mass is 35.5. The predicted octanol–water partition coefficient (Wildman–Crippen LogP) is 3.05. The molecule has 1 unspecified atom stereocenters. The fraction of sp³-hybridized carbons (Fsp3) is 0.462. The molecule has 0 saturated carbocycles. The molecule has 3 heteroatoms. The average Bonchev–Trinajstić information content (AvgIpc) is 2.17. The van der Waals surface area contributed by atoms with E-state index in [2.05, 4.69) is 5.32 Å². The minimum absolute atomic E-state index is 0.00628. The topological polar surface area (TPSA) is 29.1 Å². The van der Waals surface area contributed by atoms with Crippen molar-refractivity contribution in [3.63, 3.8) is 0 Å². The van der Waals surface area contributed by atoms with Gasteiger partial charge in [-0.05, 0) is 38.3 Å². The van der Waals surface area contributed by atoms with Crippen molar-refractivity contribution in [2.75, 3.05) is 5.88 Å². The Morgan fingerprint density at radius 1 is 1.38 bits per heavy atom. The zero-order valence-electron chi connectivity index (χ0n) is 10.0. The maximum Gasteiger partial charge on any atom is 0.252 e. The normalized spacial score (nSPS) is 12.2. The van der Waals surface area contributed by atoms with E-state index in [0.717, 1.165) is 23.1 Å². The van der Waals surface area contributed by atoms with Crippen LogP contribution in [0.15, 0.2) is 18.2 Å². The highest BCUT2D eigenvalue weighted by Gasteiger charge is 2.13. The average molecular weight is 240 g/mol. The van der Waals surface area contributed by atoms with Crippen LogP contribution in [-0.4, -0.2) is 17.8 Å². The number of carbonyl (C=O) groups excluding carboxylic acids is 1. The van der Waals surface area contributed by atoms with Crippen molar-refractivity contribution >= 4 is 17.5 Å². The van der Waals surface area contributed by atoms with Crippen LogP contribution in [0.3, 0.4) is 0 Å². The first-order chi connectivity index (χ1) is 7.56. The van der Waals surface area contributed by atoms with E-state index >= 15 is 0 Å². The lowest BCUT2D eigenvalue weighted by molar-refractivity contribution is 0.0938. The number of rotatable bonds is 4. The molecule has 0 saturated heterocycles. The smallest absolute Gasteiger partial charge is 0.252 e. The molecule has 1 amide bonds. The number of carbonyl (C=O) groups is 1. The zero-order valence-corrected chi connectivity index (χ0v) is 10.8. The Morgan fingerprint density at radius 2 is 1.94 bits per heavy atom. The Morgan fingerprint density at radius 3 is 2.44 bits per heavy atom. The van der Waals surface area contributed by atoms with E-state index in [0.29, 0.717) is 5.88 Å². The van der Waals surface area contributed by atoms with Gasteiger partial charge in [0.15, 0.2) is 0 Å². The summed E-state index contributed by atoms with van der Waals surface area (Å²) >= 11 is 5.64. The Balaban J connectivity index is 2.80. The lowest BCUT2D eigenvalue weighted by atomic mass is 10.0. The lowest BCUT2D eigenvalue weighted by Crippen LogP contribution is -2.33. The Kier molecular flexibility index (Phi) is 4.81. The van der Waals surface area contributed by atoms with E-state index in [-0.39, 0.29) is 11.9 Å². The number of alkyl halides is 1. The van der Waals surface area contributed by atoms with E-state index in [1.54, 1.807) is 0 Å². The molecule has 0 aliphatic heterocycles. The van der Waals surface area contributed by atoms with Crippen LogP contribution >= 0.6 is 11.6 Å². The first kappa shape index (κ1) is 13.0. The number of amides is 1. The molecule has 0 bridgehead atoms. The third kappa shape index (κ3) is 3.24. The van der Waals surface area contributed by atoms with Gasteiger partial charge < -0.3 is 5.32 Å². The van der Waals surface area contributed by atoms with Crippen molar-refractivity contribution in [1.29, 1.82) is 0 Å². The summed E-state index contributed by atoms with van der Waals surface area (Å²) < 4.78 is 0. The van der Waals surface area contributed by atoms with Crippen LogP contribution in [0.5, 0.6) is 0 Å². The van der Waals surface area contributed by atoms with Crippen molar-refractivity contribution in [2.24, 2.45) is 0 Å². The second kappa shape index (κ2) is 5.90. The summed E-state index contributed by atoms with van der Waals surface area (Å²) in [6.45, 7) is 5.87. The summed E-state index contributed by atoms with van der Waals surface area (Å²) in [7, 11) is 0. The van der Waals surface area contributed by atoms with Gasteiger partial charge in [-0.1, -0.05) is 18.2 Å².